The van der Waals surface area contributed by atoms with E-state index in [9.17, 15) is 9.59 Å². The molecule has 0 bridgehead atoms. The zero-order valence-corrected chi connectivity index (χ0v) is 14.7. The number of nitrogens with one attached hydrogen (secondary N) is 1. The number of allylic oxidation sites excluding steroid dienone is 1. The zero-order chi connectivity index (χ0) is 18.0. The molecule has 26 heavy (non-hydrogen) atoms. The van der Waals surface area contributed by atoms with Gasteiger partial charge >= 0.3 is 0 Å². The van der Waals surface area contributed by atoms with Crippen LogP contribution in [0.4, 0.5) is 11.4 Å². The van der Waals surface area contributed by atoms with Crippen LogP contribution in [-0.4, -0.2) is 11.8 Å². The molecule has 1 aliphatic heterocycles. The Kier molecular flexibility index (Phi) is 4.33. The molecule has 2 amide bonds. The first kappa shape index (κ1) is 16.6. The quantitative estimate of drug-likeness (QED) is 0.889. The minimum atomic E-state index is -0.641. The van der Waals surface area contributed by atoms with Crippen LogP contribution in [0.2, 0.25) is 0 Å². The molecule has 0 radical (unpaired) electrons. The molecule has 1 saturated heterocycles. The van der Waals surface area contributed by atoms with Gasteiger partial charge in [-0.3, -0.25) is 14.5 Å². The molecule has 132 valence electrons. The van der Waals surface area contributed by atoms with E-state index in [2.05, 4.69) is 11.4 Å². The van der Waals surface area contributed by atoms with Crippen molar-refractivity contribution in [3.05, 3.63) is 72.4 Å². The van der Waals surface area contributed by atoms with Gasteiger partial charge in [0.2, 0.25) is 11.8 Å². The van der Waals surface area contributed by atoms with E-state index in [1.807, 2.05) is 60.7 Å². The standard InChI is InChI=1S/C22H22N2O2/c25-20-14-16-22(21(26)23-17-9-3-1-4-10-17)15-8-7-13-19(22)24(20)18-11-5-2-6-12-18/h1-6,9-13H,7-8,14-16H2,(H,23,26). The van der Waals surface area contributed by atoms with Gasteiger partial charge in [-0.15, -0.1) is 0 Å². The van der Waals surface area contributed by atoms with Gasteiger partial charge in [0.05, 0.1) is 5.41 Å². The number of fused-ring (bicyclic) bond motifs is 1. The van der Waals surface area contributed by atoms with E-state index < -0.39 is 5.41 Å². The Morgan fingerprint density at radius 2 is 1.65 bits per heavy atom. The Morgan fingerprint density at radius 1 is 0.962 bits per heavy atom. The number of carbonyl (C=O) groups is 2. The first-order valence-electron chi connectivity index (χ1n) is 9.16. The lowest BCUT2D eigenvalue weighted by atomic mass is 9.69. The third kappa shape index (κ3) is 2.81. The maximum absolute atomic E-state index is 13.3. The van der Waals surface area contributed by atoms with Crippen LogP contribution in [0.15, 0.2) is 72.4 Å². The SMILES string of the molecule is O=C1CCC2(C(=O)Nc3ccccc3)CCCC=C2N1c1ccccc1. The fourth-order valence-electron chi connectivity index (χ4n) is 4.07. The third-order valence-corrected chi connectivity index (χ3v) is 5.37. The molecule has 1 N–H and O–H groups in total. The van der Waals surface area contributed by atoms with Crippen molar-refractivity contribution in [3.8, 4) is 0 Å². The monoisotopic (exact) mass is 346 g/mol. The number of anilines is 2. The highest BCUT2D eigenvalue weighted by Crippen LogP contribution is 2.48. The number of hydrogen-bond donors (Lipinski definition) is 1. The summed E-state index contributed by atoms with van der Waals surface area (Å²) in [6, 6.07) is 19.2. The normalized spacial score (nSPS) is 22.4. The number of hydrogen-bond acceptors (Lipinski definition) is 2. The average molecular weight is 346 g/mol. The molecule has 2 aromatic rings. The topological polar surface area (TPSA) is 49.4 Å². The van der Waals surface area contributed by atoms with Crippen LogP contribution in [0, 0.1) is 5.41 Å². The fraction of sp³-hybridized carbons (Fsp3) is 0.273. The Bertz CT molecular complexity index is 845. The van der Waals surface area contributed by atoms with Gasteiger partial charge in [0.1, 0.15) is 0 Å². The van der Waals surface area contributed by atoms with Crippen LogP contribution in [0.25, 0.3) is 0 Å². The number of rotatable bonds is 3. The van der Waals surface area contributed by atoms with Crippen LogP contribution < -0.4 is 10.2 Å². The number of benzene rings is 2. The Labute approximate surface area is 153 Å². The summed E-state index contributed by atoms with van der Waals surface area (Å²) in [5.74, 6) is 0.0515. The molecule has 2 aromatic carbocycles. The lowest BCUT2D eigenvalue weighted by molar-refractivity contribution is -0.128. The van der Waals surface area contributed by atoms with Gasteiger partial charge in [0.25, 0.3) is 0 Å². The van der Waals surface area contributed by atoms with Crippen LogP contribution in [0.5, 0.6) is 0 Å². The molecule has 0 spiro atoms. The second-order valence-electron chi connectivity index (χ2n) is 6.95. The first-order valence-corrected chi connectivity index (χ1v) is 9.16. The van der Waals surface area contributed by atoms with Crippen molar-refractivity contribution in [1.29, 1.82) is 0 Å². The molecule has 1 unspecified atom stereocenters. The van der Waals surface area contributed by atoms with Gasteiger partial charge < -0.3 is 5.32 Å². The molecular weight excluding hydrogens is 324 g/mol. The molecule has 1 atom stereocenters. The summed E-state index contributed by atoms with van der Waals surface area (Å²) in [7, 11) is 0. The number of carbonyl (C=O) groups excluding carboxylic acids is 2. The lowest BCUT2D eigenvalue weighted by Crippen LogP contribution is -2.51. The van der Waals surface area contributed by atoms with E-state index >= 15 is 0 Å². The Balaban J connectivity index is 1.72. The van der Waals surface area contributed by atoms with Gasteiger partial charge in [0, 0.05) is 23.5 Å². The molecule has 0 saturated carbocycles. The van der Waals surface area contributed by atoms with Gasteiger partial charge in [0.15, 0.2) is 0 Å². The number of para-hydroxylation sites is 2. The Hall–Kier alpha value is -2.88. The molecule has 4 nitrogen and oxygen atoms in total. The highest BCUT2D eigenvalue weighted by Gasteiger charge is 2.50. The van der Waals surface area contributed by atoms with Crippen molar-refractivity contribution >= 4 is 23.2 Å². The average Bonchev–Trinajstić information content (AvgIpc) is 2.69. The van der Waals surface area contributed by atoms with E-state index in [0.29, 0.717) is 12.8 Å². The smallest absolute Gasteiger partial charge is 0.236 e. The van der Waals surface area contributed by atoms with E-state index in [0.717, 1.165) is 36.3 Å². The summed E-state index contributed by atoms with van der Waals surface area (Å²) in [5, 5.41) is 3.07. The molecule has 1 fully saturated rings. The summed E-state index contributed by atoms with van der Waals surface area (Å²) < 4.78 is 0. The molecular formula is C22H22N2O2. The molecule has 4 heteroatoms. The fourth-order valence-corrected chi connectivity index (χ4v) is 4.07. The minimum absolute atomic E-state index is 0.0110. The first-order chi connectivity index (χ1) is 12.7. The number of amides is 2. The Morgan fingerprint density at radius 3 is 2.38 bits per heavy atom. The second kappa shape index (κ2) is 6.79. The van der Waals surface area contributed by atoms with Gasteiger partial charge in [-0.1, -0.05) is 42.5 Å². The van der Waals surface area contributed by atoms with Crippen LogP contribution >= 0.6 is 0 Å². The molecule has 4 rings (SSSR count). The van der Waals surface area contributed by atoms with Gasteiger partial charge in [-0.2, -0.15) is 0 Å². The lowest BCUT2D eigenvalue weighted by Gasteiger charge is -2.45. The number of nitrogens with zero attached hydrogens (tertiary/aromatic N) is 1. The zero-order valence-electron chi connectivity index (χ0n) is 14.7. The van der Waals surface area contributed by atoms with Crippen molar-refractivity contribution < 1.29 is 9.59 Å². The summed E-state index contributed by atoms with van der Waals surface area (Å²) in [6.45, 7) is 0. The van der Waals surface area contributed by atoms with Crippen molar-refractivity contribution in [2.24, 2.45) is 5.41 Å². The molecule has 0 aromatic heterocycles. The van der Waals surface area contributed by atoms with E-state index in [1.165, 1.54) is 0 Å². The molecule has 1 aliphatic carbocycles. The van der Waals surface area contributed by atoms with Crippen molar-refractivity contribution in [3.63, 3.8) is 0 Å². The van der Waals surface area contributed by atoms with Crippen LogP contribution in [0.3, 0.4) is 0 Å². The van der Waals surface area contributed by atoms with Crippen LogP contribution in [0.1, 0.15) is 32.1 Å². The van der Waals surface area contributed by atoms with Gasteiger partial charge in [-0.05, 0) is 49.9 Å². The van der Waals surface area contributed by atoms with Crippen molar-refractivity contribution in [2.45, 2.75) is 32.1 Å². The summed E-state index contributed by atoms with van der Waals surface area (Å²) >= 11 is 0. The second-order valence-corrected chi connectivity index (χ2v) is 6.95. The predicted molar refractivity (Wildman–Crippen MR) is 103 cm³/mol. The number of piperidine rings is 1. The minimum Gasteiger partial charge on any atom is -0.325 e. The van der Waals surface area contributed by atoms with E-state index in [1.54, 1.807) is 4.90 Å². The maximum Gasteiger partial charge on any atom is 0.236 e. The van der Waals surface area contributed by atoms with E-state index in [-0.39, 0.29) is 11.8 Å². The molecule has 1 heterocycles. The van der Waals surface area contributed by atoms with Gasteiger partial charge in [-0.25, -0.2) is 0 Å². The van der Waals surface area contributed by atoms with Crippen molar-refractivity contribution in [1.82, 2.24) is 0 Å². The maximum atomic E-state index is 13.3. The largest absolute Gasteiger partial charge is 0.325 e. The summed E-state index contributed by atoms with van der Waals surface area (Å²) in [6.07, 6.45) is 5.66. The molecule has 2 aliphatic rings. The highest BCUT2D eigenvalue weighted by molar-refractivity contribution is 6.05. The highest BCUT2D eigenvalue weighted by atomic mass is 16.2. The predicted octanol–water partition coefficient (Wildman–Crippen LogP) is 4.51. The third-order valence-electron chi connectivity index (χ3n) is 5.37. The van der Waals surface area contributed by atoms with Crippen molar-refractivity contribution in [2.75, 3.05) is 10.2 Å². The summed E-state index contributed by atoms with van der Waals surface area (Å²) in [5.41, 5.74) is 1.83. The summed E-state index contributed by atoms with van der Waals surface area (Å²) in [4.78, 5) is 27.8. The van der Waals surface area contributed by atoms with E-state index in [4.69, 9.17) is 0 Å². The van der Waals surface area contributed by atoms with Crippen LogP contribution in [-0.2, 0) is 9.59 Å².